The SMILES string of the molecule is CC(=O)c1cc(Cl)ccc1OC(C)c1ccccc1. The highest BCUT2D eigenvalue weighted by Gasteiger charge is 2.13. The zero-order valence-corrected chi connectivity index (χ0v) is 11.6. The lowest BCUT2D eigenvalue weighted by molar-refractivity contribution is 0.101. The van der Waals surface area contributed by atoms with Crippen molar-refractivity contribution in [3.05, 3.63) is 64.7 Å². The largest absolute Gasteiger partial charge is 0.485 e. The Labute approximate surface area is 118 Å². The van der Waals surface area contributed by atoms with E-state index in [1.807, 2.05) is 37.3 Å². The van der Waals surface area contributed by atoms with Gasteiger partial charge in [0.1, 0.15) is 11.9 Å². The van der Waals surface area contributed by atoms with Gasteiger partial charge in [-0.3, -0.25) is 4.79 Å². The molecule has 0 aromatic heterocycles. The number of halogens is 1. The van der Waals surface area contributed by atoms with Crippen LogP contribution in [0, 0.1) is 0 Å². The van der Waals surface area contributed by atoms with Gasteiger partial charge in [0.2, 0.25) is 0 Å². The van der Waals surface area contributed by atoms with Crippen LogP contribution >= 0.6 is 11.6 Å². The van der Waals surface area contributed by atoms with E-state index in [9.17, 15) is 4.79 Å². The van der Waals surface area contributed by atoms with Crippen molar-refractivity contribution in [3.8, 4) is 5.75 Å². The lowest BCUT2D eigenvalue weighted by atomic mass is 10.1. The van der Waals surface area contributed by atoms with Gasteiger partial charge < -0.3 is 4.74 Å². The van der Waals surface area contributed by atoms with Crippen molar-refractivity contribution >= 4 is 17.4 Å². The minimum atomic E-state index is -0.125. The van der Waals surface area contributed by atoms with E-state index in [2.05, 4.69) is 0 Å². The number of ketones is 1. The minimum absolute atomic E-state index is 0.0576. The summed E-state index contributed by atoms with van der Waals surface area (Å²) in [7, 11) is 0. The van der Waals surface area contributed by atoms with Crippen molar-refractivity contribution in [1.82, 2.24) is 0 Å². The Morgan fingerprint density at radius 2 is 1.84 bits per heavy atom. The van der Waals surface area contributed by atoms with Crippen LogP contribution in [0.4, 0.5) is 0 Å². The van der Waals surface area contributed by atoms with E-state index in [1.165, 1.54) is 6.92 Å². The van der Waals surface area contributed by atoms with Gasteiger partial charge in [-0.2, -0.15) is 0 Å². The molecule has 0 aliphatic heterocycles. The van der Waals surface area contributed by atoms with Crippen molar-refractivity contribution in [1.29, 1.82) is 0 Å². The molecular formula is C16H15ClO2. The van der Waals surface area contributed by atoms with Gasteiger partial charge in [0, 0.05) is 5.02 Å². The molecule has 0 aliphatic carbocycles. The Bertz CT molecular complexity index is 579. The molecule has 2 aromatic carbocycles. The molecule has 2 nitrogen and oxygen atoms in total. The Balaban J connectivity index is 2.26. The van der Waals surface area contributed by atoms with E-state index >= 15 is 0 Å². The molecule has 0 saturated heterocycles. The lowest BCUT2D eigenvalue weighted by Crippen LogP contribution is -2.06. The van der Waals surface area contributed by atoms with E-state index in [1.54, 1.807) is 18.2 Å². The number of rotatable bonds is 4. The number of hydrogen-bond acceptors (Lipinski definition) is 2. The third kappa shape index (κ3) is 3.36. The number of benzene rings is 2. The molecule has 1 atom stereocenters. The molecule has 0 spiro atoms. The van der Waals surface area contributed by atoms with Crippen molar-refractivity contribution in [2.45, 2.75) is 20.0 Å². The van der Waals surface area contributed by atoms with Crippen LogP contribution in [0.15, 0.2) is 48.5 Å². The normalized spacial score (nSPS) is 11.9. The summed E-state index contributed by atoms with van der Waals surface area (Å²) in [5.74, 6) is 0.506. The van der Waals surface area contributed by atoms with Crippen LogP contribution in [0.3, 0.4) is 0 Å². The van der Waals surface area contributed by atoms with Gasteiger partial charge in [-0.25, -0.2) is 0 Å². The fraction of sp³-hybridized carbons (Fsp3) is 0.188. The Hall–Kier alpha value is -1.80. The molecule has 0 heterocycles. The van der Waals surface area contributed by atoms with Gasteiger partial charge >= 0.3 is 0 Å². The molecule has 98 valence electrons. The smallest absolute Gasteiger partial charge is 0.163 e. The average molecular weight is 275 g/mol. The second kappa shape index (κ2) is 5.89. The monoisotopic (exact) mass is 274 g/mol. The number of carbonyl (C=O) groups is 1. The van der Waals surface area contributed by atoms with Crippen LogP contribution < -0.4 is 4.74 Å². The summed E-state index contributed by atoms with van der Waals surface area (Å²) < 4.78 is 5.87. The number of ether oxygens (including phenoxy) is 1. The molecule has 0 radical (unpaired) electrons. The van der Waals surface area contributed by atoms with Crippen LogP contribution in [0.2, 0.25) is 5.02 Å². The highest BCUT2D eigenvalue weighted by atomic mass is 35.5. The Morgan fingerprint density at radius 1 is 1.16 bits per heavy atom. The molecule has 19 heavy (non-hydrogen) atoms. The third-order valence-electron chi connectivity index (χ3n) is 2.89. The lowest BCUT2D eigenvalue weighted by Gasteiger charge is -2.17. The maximum Gasteiger partial charge on any atom is 0.163 e. The molecule has 2 rings (SSSR count). The van der Waals surface area contributed by atoms with Gasteiger partial charge in [-0.15, -0.1) is 0 Å². The number of hydrogen-bond donors (Lipinski definition) is 0. The second-order valence-corrected chi connectivity index (χ2v) is 4.80. The van der Waals surface area contributed by atoms with E-state index < -0.39 is 0 Å². The minimum Gasteiger partial charge on any atom is -0.485 e. The zero-order chi connectivity index (χ0) is 13.8. The van der Waals surface area contributed by atoms with Crippen molar-refractivity contribution in [3.63, 3.8) is 0 Å². The summed E-state index contributed by atoms with van der Waals surface area (Å²) in [5, 5.41) is 0.532. The molecule has 0 saturated carbocycles. The second-order valence-electron chi connectivity index (χ2n) is 4.37. The summed E-state index contributed by atoms with van der Waals surface area (Å²) in [6.07, 6.45) is -0.125. The van der Waals surface area contributed by atoms with Gasteiger partial charge in [0.05, 0.1) is 5.56 Å². The van der Waals surface area contributed by atoms with Crippen LogP contribution in [0.25, 0.3) is 0 Å². The first-order chi connectivity index (χ1) is 9.08. The molecular weight excluding hydrogens is 260 g/mol. The topological polar surface area (TPSA) is 26.3 Å². The number of carbonyl (C=O) groups excluding carboxylic acids is 1. The molecule has 0 N–H and O–H groups in total. The van der Waals surface area contributed by atoms with E-state index in [0.29, 0.717) is 16.3 Å². The summed E-state index contributed by atoms with van der Waals surface area (Å²) in [4.78, 5) is 11.6. The molecule has 1 unspecified atom stereocenters. The van der Waals surface area contributed by atoms with Crippen molar-refractivity contribution < 1.29 is 9.53 Å². The quantitative estimate of drug-likeness (QED) is 0.757. The first-order valence-electron chi connectivity index (χ1n) is 6.10. The maximum atomic E-state index is 11.6. The van der Waals surface area contributed by atoms with Gasteiger partial charge in [0.25, 0.3) is 0 Å². The molecule has 0 aliphatic rings. The van der Waals surface area contributed by atoms with Crippen LogP contribution in [-0.2, 0) is 0 Å². The van der Waals surface area contributed by atoms with Crippen LogP contribution in [-0.4, -0.2) is 5.78 Å². The average Bonchev–Trinajstić information content (AvgIpc) is 2.41. The zero-order valence-electron chi connectivity index (χ0n) is 10.9. The maximum absolute atomic E-state index is 11.6. The fourth-order valence-corrected chi connectivity index (χ4v) is 2.03. The molecule has 0 fully saturated rings. The van der Waals surface area contributed by atoms with Crippen LogP contribution in [0.1, 0.15) is 35.9 Å². The fourth-order valence-electron chi connectivity index (χ4n) is 1.86. The standard InChI is InChI=1S/C16H15ClO2/c1-11(18)15-10-14(17)8-9-16(15)19-12(2)13-6-4-3-5-7-13/h3-10,12H,1-2H3. The van der Waals surface area contributed by atoms with Crippen LogP contribution in [0.5, 0.6) is 5.75 Å². The van der Waals surface area contributed by atoms with E-state index in [-0.39, 0.29) is 11.9 Å². The summed E-state index contributed by atoms with van der Waals surface area (Å²) in [6.45, 7) is 3.46. The molecule has 0 amide bonds. The van der Waals surface area contributed by atoms with Gasteiger partial charge in [0.15, 0.2) is 5.78 Å². The third-order valence-corrected chi connectivity index (χ3v) is 3.13. The summed E-state index contributed by atoms with van der Waals surface area (Å²) in [6, 6.07) is 15.0. The summed E-state index contributed by atoms with van der Waals surface area (Å²) >= 11 is 5.91. The molecule has 3 heteroatoms. The predicted molar refractivity (Wildman–Crippen MR) is 76.9 cm³/mol. The molecule has 2 aromatic rings. The molecule has 0 bridgehead atoms. The van der Waals surface area contributed by atoms with E-state index in [0.717, 1.165) is 5.56 Å². The summed E-state index contributed by atoms with van der Waals surface area (Å²) in [5.41, 5.74) is 1.57. The van der Waals surface area contributed by atoms with Gasteiger partial charge in [-0.1, -0.05) is 41.9 Å². The predicted octanol–water partition coefficient (Wildman–Crippen LogP) is 4.68. The number of Topliss-reactive ketones (excluding diaryl/α,β-unsaturated/α-hetero) is 1. The Morgan fingerprint density at radius 3 is 2.47 bits per heavy atom. The van der Waals surface area contributed by atoms with E-state index in [4.69, 9.17) is 16.3 Å². The van der Waals surface area contributed by atoms with Gasteiger partial charge in [-0.05, 0) is 37.6 Å². The first-order valence-corrected chi connectivity index (χ1v) is 6.48. The Kier molecular flexibility index (Phi) is 4.23. The first kappa shape index (κ1) is 13.6. The highest BCUT2D eigenvalue weighted by Crippen LogP contribution is 2.28. The van der Waals surface area contributed by atoms with Crippen molar-refractivity contribution in [2.75, 3.05) is 0 Å². The van der Waals surface area contributed by atoms with Crippen molar-refractivity contribution in [2.24, 2.45) is 0 Å². The highest BCUT2D eigenvalue weighted by molar-refractivity contribution is 6.31.